The first-order valence-corrected chi connectivity index (χ1v) is 9.48. The summed E-state index contributed by atoms with van der Waals surface area (Å²) in [6, 6.07) is 7.52. The van der Waals surface area contributed by atoms with Gasteiger partial charge in [0.25, 0.3) is 0 Å². The molecule has 1 fully saturated rings. The molecule has 0 saturated carbocycles. The van der Waals surface area contributed by atoms with Gasteiger partial charge in [0.2, 0.25) is 0 Å². The Morgan fingerprint density at radius 1 is 1.17 bits per heavy atom. The third kappa shape index (κ3) is 3.17. The molecule has 4 heterocycles. The van der Waals surface area contributed by atoms with E-state index in [4.69, 9.17) is 4.74 Å². The Hall–Kier alpha value is -3.20. The summed E-state index contributed by atoms with van der Waals surface area (Å²) in [5, 5.41) is 10.7. The molecule has 2 N–H and O–H groups in total. The summed E-state index contributed by atoms with van der Waals surface area (Å²) >= 11 is 0. The van der Waals surface area contributed by atoms with Crippen LogP contribution in [0.3, 0.4) is 0 Å². The second kappa shape index (κ2) is 7.00. The predicted molar refractivity (Wildman–Crippen MR) is 105 cm³/mol. The molecule has 9 heteroatoms. The van der Waals surface area contributed by atoms with Crippen molar-refractivity contribution in [3.63, 3.8) is 0 Å². The number of hydrogen-bond donors (Lipinski definition) is 2. The maximum absolute atomic E-state index is 14.4. The van der Waals surface area contributed by atoms with Gasteiger partial charge in [0, 0.05) is 25.2 Å². The summed E-state index contributed by atoms with van der Waals surface area (Å²) in [6.07, 6.45) is 2.62. The summed E-state index contributed by atoms with van der Waals surface area (Å²) in [4.78, 5) is 6.73. The van der Waals surface area contributed by atoms with E-state index in [-0.39, 0.29) is 11.7 Å². The highest BCUT2D eigenvalue weighted by Gasteiger charge is 2.27. The molecule has 0 radical (unpaired) electrons. The Morgan fingerprint density at radius 3 is 2.79 bits per heavy atom. The number of aromatic nitrogens is 3. The van der Waals surface area contributed by atoms with Crippen LogP contribution in [0.1, 0.15) is 18.7 Å². The highest BCUT2D eigenvalue weighted by Crippen LogP contribution is 2.35. The molecule has 3 aromatic rings. The van der Waals surface area contributed by atoms with E-state index in [0.717, 1.165) is 24.6 Å². The third-order valence-electron chi connectivity index (χ3n) is 5.18. The van der Waals surface area contributed by atoms with Gasteiger partial charge in [0.15, 0.2) is 0 Å². The predicted octanol–water partition coefficient (Wildman–Crippen LogP) is 3.31. The lowest BCUT2D eigenvalue weighted by atomic mass is 10.1. The van der Waals surface area contributed by atoms with Crippen molar-refractivity contribution in [1.29, 1.82) is 0 Å². The van der Waals surface area contributed by atoms with Crippen molar-refractivity contribution >= 4 is 17.3 Å². The number of nitrogens with one attached hydrogen (secondary N) is 2. The van der Waals surface area contributed by atoms with E-state index in [1.54, 1.807) is 23.1 Å². The van der Waals surface area contributed by atoms with E-state index in [1.165, 1.54) is 18.2 Å². The van der Waals surface area contributed by atoms with E-state index in [2.05, 4.69) is 25.6 Å². The molecule has 5 rings (SSSR count). The molecule has 0 amide bonds. The number of hydrogen-bond acceptors (Lipinski definition) is 6. The molecule has 0 spiro atoms. The van der Waals surface area contributed by atoms with E-state index in [9.17, 15) is 8.78 Å². The molecule has 2 aliphatic heterocycles. The minimum Gasteiger partial charge on any atom is -0.375 e. The van der Waals surface area contributed by atoms with Crippen LogP contribution < -0.4 is 15.5 Å². The van der Waals surface area contributed by atoms with Crippen LogP contribution in [0.4, 0.5) is 26.1 Å². The molecular weight excluding hydrogens is 378 g/mol. The Kier molecular flexibility index (Phi) is 4.31. The molecule has 150 valence electrons. The van der Waals surface area contributed by atoms with Gasteiger partial charge in [-0.05, 0) is 19.1 Å². The second-order valence-electron chi connectivity index (χ2n) is 7.17. The van der Waals surface area contributed by atoms with Crippen LogP contribution in [0.2, 0.25) is 0 Å². The summed E-state index contributed by atoms with van der Waals surface area (Å²) in [5.74, 6) is 0.168. The van der Waals surface area contributed by atoms with Crippen molar-refractivity contribution in [2.45, 2.75) is 19.2 Å². The van der Waals surface area contributed by atoms with E-state index < -0.39 is 17.8 Å². The zero-order valence-corrected chi connectivity index (χ0v) is 15.8. The van der Waals surface area contributed by atoms with Crippen LogP contribution in [0.15, 0.2) is 42.7 Å². The molecular formula is C20H20F2N6O. The minimum atomic E-state index is -0.816. The van der Waals surface area contributed by atoms with Crippen molar-refractivity contribution in [3.8, 4) is 5.69 Å². The number of anilines is 3. The van der Waals surface area contributed by atoms with Crippen LogP contribution in [0, 0.1) is 11.6 Å². The first kappa shape index (κ1) is 17.9. The number of pyridine rings is 1. The lowest BCUT2D eigenvalue weighted by Crippen LogP contribution is -2.41. The average Bonchev–Trinajstić information content (AvgIpc) is 3.10. The topological polar surface area (TPSA) is 67.2 Å². The molecule has 2 atom stereocenters. The maximum Gasteiger partial charge on any atom is 0.133 e. The summed E-state index contributed by atoms with van der Waals surface area (Å²) in [5.41, 5.74) is 1.29. The number of morpholine rings is 1. The molecule has 0 bridgehead atoms. The van der Waals surface area contributed by atoms with Crippen molar-refractivity contribution < 1.29 is 13.5 Å². The van der Waals surface area contributed by atoms with Gasteiger partial charge >= 0.3 is 0 Å². The molecule has 7 nitrogen and oxygen atoms in total. The summed E-state index contributed by atoms with van der Waals surface area (Å²) < 4.78 is 36.1. The van der Waals surface area contributed by atoms with Gasteiger partial charge in [0.05, 0.1) is 42.0 Å². The normalized spacial score (nSPS) is 20.9. The molecule has 2 aliphatic rings. The first-order chi connectivity index (χ1) is 14.1. The fourth-order valence-corrected chi connectivity index (χ4v) is 3.79. The van der Waals surface area contributed by atoms with E-state index in [0.29, 0.717) is 18.1 Å². The van der Waals surface area contributed by atoms with Crippen LogP contribution in [-0.4, -0.2) is 40.6 Å². The second-order valence-corrected chi connectivity index (χ2v) is 7.17. The quantitative estimate of drug-likeness (QED) is 0.691. The highest BCUT2D eigenvalue weighted by atomic mass is 19.1. The summed E-state index contributed by atoms with van der Waals surface area (Å²) in [7, 11) is 0. The Morgan fingerprint density at radius 2 is 2.00 bits per heavy atom. The van der Waals surface area contributed by atoms with Crippen molar-refractivity contribution in [2.75, 3.05) is 35.2 Å². The maximum atomic E-state index is 14.4. The highest BCUT2D eigenvalue weighted by molar-refractivity contribution is 5.69. The van der Waals surface area contributed by atoms with Crippen LogP contribution in [-0.2, 0) is 4.74 Å². The fraction of sp³-hybridized carbons (Fsp3) is 0.300. The number of fused-ring (bicyclic) bond motifs is 3. The number of ether oxygens (including phenoxy) is 1. The van der Waals surface area contributed by atoms with Gasteiger partial charge in [-0.3, -0.25) is 0 Å². The fourth-order valence-electron chi connectivity index (χ4n) is 3.79. The lowest BCUT2D eigenvalue weighted by Gasteiger charge is -2.32. The average molecular weight is 398 g/mol. The smallest absolute Gasteiger partial charge is 0.133 e. The van der Waals surface area contributed by atoms with Crippen molar-refractivity contribution in [1.82, 2.24) is 14.8 Å². The van der Waals surface area contributed by atoms with Gasteiger partial charge in [-0.1, -0.05) is 6.07 Å². The molecule has 1 saturated heterocycles. The first-order valence-electron chi connectivity index (χ1n) is 9.48. The van der Waals surface area contributed by atoms with Crippen LogP contribution in [0.25, 0.3) is 5.69 Å². The third-order valence-corrected chi connectivity index (χ3v) is 5.18. The standard InChI is InChI=1S/C20H20F2N6O/c1-12-11-27(7-8-29-12)18-9-16-15(10-23-18)25-20(26-17-5-6-24-28(16)17)19-13(21)3-2-4-14(19)22/h2-6,9-10,12,20,25-26H,7-8,11H2,1H3. The van der Waals surface area contributed by atoms with E-state index >= 15 is 0 Å². The number of rotatable bonds is 2. The molecule has 1 aromatic carbocycles. The summed E-state index contributed by atoms with van der Waals surface area (Å²) in [6.45, 7) is 4.16. The Labute approximate surface area is 166 Å². The number of benzene rings is 1. The van der Waals surface area contributed by atoms with Crippen LogP contribution in [0.5, 0.6) is 0 Å². The van der Waals surface area contributed by atoms with Gasteiger partial charge in [-0.15, -0.1) is 0 Å². The minimum absolute atomic E-state index is 0.0841. The molecule has 2 unspecified atom stereocenters. The van der Waals surface area contributed by atoms with Gasteiger partial charge in [0.1, 0.15) is 29.4 Å². The SMILES string of the molecule is CC1CN(c2cc3c(cn2)NC(c2c(F)cccc2F)Nc2ccnn2-3)CCO1. The van der Waals surface area contributed by atoms with Gasteiger partial charge in [-0.25, -0.2) is 18.4 Å². The lowest BCUT2D eigenvalue weighted by molar-refractivity contribution is 0.0529. The van der Waals surface area contributed by atoms with Crippen LogP contribution >= 0.6 is 0 Å². The number of halogens is 2. The zero-order valence-electron chi connectivity index (χ0n) is 15.8. The zero-order chi connectivity index (χ0) is 20.0. The Balaban J connectivity index is 1.57. The van der Waals surface area contributed by atoms with Gasteiger partial charge < -0.3 is 20.3 Å². The molecule has 2 aromatic heterocycles. The molecule has 0 aliphatic carbocycles. The number of nitrogens with zero attached hydrogens (tertiary/aromatic N) is 4. The Bertz CT molecular complexity index is 1030. The van der Waals surface area contributed by atoms with Crippen molar-refractivity contribution in [2.24, 2.45) is 0 Å². The largest absolute Gasteiger partial charge is 0.375 e. The van der Waals surface area contributed by atoms with E-state index in [1.807, 2.05) is 13.0 Å². The van der Waals surface area contributed by atoms with Gasteiger partial charge in [-0.2, -0.15) is 5.10 Å². The monoisotopic (exact) mass is 398 g/mol. The molecule has 29 heavy (non-hydrogen) atoms. The van der Waals surface area contributed by atoms with Crippen molar-refractivity contribution in [3.05, 3.63) is 59.9 Å².